The molecule has 48 heavy (non-hydrogen) atoms. The van der Waals surface area contributed by atoms with Crippen molar-refractivity contribution in [1.29, 1.82) is 0 Å². The van der Waals surface area contributed by atoms with Crippen LogP contribution in [0.5, 0.6) is 5.88 Å². The molecule has 2 fully saturated rings. The van der Waals surface area contributed by atoms with E-state index in [-0.39, 0.29) is 22.5 Å². The number of aliphatic carboxylic acids is 1. The van der Waals surface area contributed by atoms with Crippen molar-refractivity contribution in [1.82, 2.24) is 20.2 Å². The first-order valence-corrected chi connectivity index (χ1v) is 15.5. The number of fused-ring (bicyclic) bond motifs is 2. The normalized spacial score (nSPS) is 17.6. The van der Waals surface area contributed by atoms with Crippen LogP contribution in [0.4, 0.5) is 32.0 Å². The third-order valence-electron chi connectivity index (χ3n) is 8.72. The smallest absolute Gasteiger partial charge is 0.477 e. The van der Waals surface area contributed by atoms with Gasteiger partial charge in [-0.25, -0.2) is 9.78 Å². The van der Waals surface area contributed by atoms with Crippen LogP contribution in [0.25, 0.3) is 11.3 Å². The van der Waals surface area contributed by atoms with E-state index in [1.165, 1.54) is 12.1 Å². The second-order valence-electron chi connectivity index (χ2n) is 11.8. The molecule has 3 aliphatic rings. The van der Waals surface area contributed by atoms with Gasteiger partial charge in [-0.1, -0.05) is 17.7 Å². The molecule has 0 aliphatic carbocycles. The number of nitrogens with zero attached hydrogens (tertiary/aromatic N) is 4. The number of carbonyl (C=O) groups excluding carboxylic acids is 1. The number of carbonyl (C=O) groups is 2. The van der Waals surface area contributed by atoms with Crippen LogP contribution in [0, 0.1) is 5.92 Å². The summed E-state index contributed by atoms with van der Waals surface area (Å²) < 4.78 is 79.1. The van der Waals surface area contributed by atoms with Gasteiger partial charge in [0.15, 0.2) is 0 Å². The third-order valence-corrected chi connectivity index (χ3v) is 8.95. The maximum Gasteiger partial charge on any atom is 0.490 e. The predicted molar refractivity (Wildman–Crippen MR) is 164 cm³/mol. The van der Waals surface area contributed by atoms with Crippen molar-refractivity contribution in [3.8, 4) is 17.1 Å². The minimum atomic E-state index is -5.08. The van der Waals surface area contributed by atoms with Crippen molar-refractivity contribution in [3.63, 3.8) is 0 Å². The standard InChI is InChI=1S/C30H31ClF3N5O2.C2HF3O2/c1-2-41-27-21(4-3-11-36-27)24-7-6-22-25(37-24)17-39(28(40)19-15-35-16-19)18-29(22)9-12-38(13-10-29)26-8-5-20(31)14-23(26)30(32,33)34;3-2(4,5)1(6)7/h3-8,11,14,19,35H,2,9-10,12-13,15-18H2,1H3;(H,6,7). The van der Waals surface area contributed by atoms with E-state index >= 15 is 0 Å². The summed E-state index contributed by atoms with van der Waals surface area (Å²) in [6.45, 7) is 5.41. The van der Waals surface area contributed by atoms with Gasteiger partial charge >= 0.3 is 18.3 Å². The molecule has 1 spiro atoms. The molecular weight excluding hydrogens is 668 g/mol. The fourth-order valence-corrected chi connectivity index (χ4v) is 6.44. The summed E-state index contributed by atoms with van der Waals surface area (Å²) in [4.78, 5) is 35.4. The van der Waals surface area contributed by atoms with Gasteiger partial charge in [0.25, 0.3) is 0 Å². The van der Waals surface area contributed by atoms with Crippen LogP contribution >= 0.6 is 11.6 Å². The number of halogens is 7. The van der Waals surface area contributed by atoms with Crippen molar-refractivity contribution in [2.45, 2.75) is 44.1 Å². The maximum atomic E-state index is 13.9. The molecule has 0 atom stereocenters. The molecule has 2 saturated heterocycles. The van der Waals surface area contributed by atoms with Crippen molar-refractivity contribution in [2.75, 3.05) is 44.2 Å². The molecule has 258 valence electrons. The Labute approximate surface area is 276 Å². The Bertz CT molecular complexity index is 1660. The number of hydrogen-bond acceptors (Lipinski definition) is 7. The van der Waals surface area contributed by atoms with E-state index in [1.54, 1.807) is 11.1 Å². The number of nitrogens with one attached hydrogen (secondary N) is 1. The van der Waals surface area contributed by atoms with Crippen molar-refractivity contribution in [3.05, 3.63) is 70.5 Å². The molecule has 2 aromatic heterocycles. The highest BCUT2D eigenvalue weighted by molar-refractivity contribution is 6.30. The quantitative estimate of drug-likeness (QED) is 0.315. The molecule has 0 bridgehead atoms. The third kappa shape index (κ3) is 7.46. The Balaban J connectivity index is 0.000000582. The van der Waals surface area contributed by atoms with Gasteiger partial charge < -0.3 is 25.0 Å². The lowest BCUT2D eigenvalue weighted by Gasteiger charge is -2.49. The van der Waals surface area contributed by atoms with E-state index in [1.807, 2.05) is 30.0 Å². The summed E-state index contributed by atoms with van der Waals surface area (Å²) in [7, 11) is 0. The number of ether oxygens (including phenoxy) is 1. The van der Waals surface area contributed by atoms with Crippen LogP contribution in [0.2, 0.25) is 5.02 Å². The first-order valence-electron chi connectivity index (χ1n) is 15.1. The molecule has 1 amide bonds. The number of carboxylic acids is 1. The summed E-state index contributed by atoms with van der Waals surface area (Å²) in [5, 5.41) is 10.4. The summed E-state index contributed by atoms with van der Waals surface area (Å²) >= 11 is 5.93. The molecule has 2 N–H and O–H groups in total. The molecular formula is C32H32ClF6N5O4. The first-order chi connectivity index (χ1) is 22.6. The molecule has 3 aromatic rings. The average Bonchev–Trinajstić information content (AvgIpc) is 3.00. The Morgan fingerprint density at radius 1 is 1.08 bits per heavy atom. The number of benzene rings is 1. The number of piperidine rings is 1. The summed E-state index contributed by atoms with van der Waals surface area (Å²) in [5.41, 5.74) is 2.35. The fraction of sp³-hybridized carbons (Fsp3) is 0.438. The lowest BCUT2D eigenvalue weighted by atomic mass is 9.69. The zero-order valence-electron chi connectivity index (χ0n) is 25.7. The van der Waals surface area contributed by atoms with Gasteiger partial charge in [0, 0.05) is 55.0 Å². The van der Waals surface area contributed by atoms with Gasteiger partial charge in [-0.2, -0.15) is 26.3 Å². The SMILES string of the molecule is CCOc1ncccc1-c1ccc2c(n1)CN(C(=O)C1CNC1)CC21CCN(c2ccc(Cl)cc2C(F)(F)F)CC1.O=C(O)C(F)(F)F. The minimum absolute atomic E-state index is 0.0541. The number of rotatable bonds is 5. The average molecular weight is 700 g/mol. The highest BCUT2D eigenvalue weighted by Gasteiger charge is 2.46. The molecule has 3 aliphatic heterocycles. The topological polar surface area (TPSA) is 108 Å². The minimum Gasteiger partial charge on any atom is -0.477 e. The molecule has 1 aromatic carbocycles. The van der Waals surface area contributed by atoms with Crippen LogP contribution in [0.15, 0.2) is 48.7 Å². The van der Waals surface area contributed by atoms with Gasteiger partial charge in [-0.05, 0) is 61.7 Å². The number of alkyl halides is 6. The van der Waals surface area contributed by atoms with Crippen molar-refractivity contribution in [2.24, 2.45) is 5.92 Å². The van der Waals surface area contributed by atoms with Crippen molar-refractivity contribution >= 4 is 29.2 Å². The van der Waals surface area contributed by atoms with E-state index in [0.717, 1.165) is 22.9 Å². The van der Waals surface area contributed by atoms with Gasteiger partial charge in [-0.3, -0.25) is 9.78 Å². The molecule has 6 rings (SSSR count). The van der Waals surface area contributed by atoms with Gasteiger partial charge in [-0.15, -0.1) is 0 Å². The lowest BCUT2D eigenvalue weighted by Crippen LogP contribution is -2.58. The molecule has 9 nitrogen and oxygen atoms in total. The number of carboxylic acid groups (broad SMARTS) is 1. The monoisotopic (exact) mass is 699 g/mol. The number of anilines is 1. The first kappa shape index (κ1) is 35.2. The molecule has 0 unspecified atom stereocenters. The fourth-order valence-electron chi connectivity index (χ4n) is 6.27. The van der Waals surface area contributed by atoms with E-state index in [9.17, 15) is 31.1 Å². The number of pyridine rings is 2. The van der Waals surface area contributed by atoms with Crippen LogP contribution in [-0.2, 0) is 27.7 Å². The van der Waals surface area contributed by atoms with Gasteiger partial charge in [0.2, 0.25) is 11.8 Å². The van der Waals surface area contributed by atoms with Crippen LogP contribution in [-0.4, -0.2) is 77.4 Å². The summed E-state index contributed by atoms with van der Waals surface area (Å²) in [6, 6.07) is 11.7. The van der Waals surface area contributed by atoms with Gasteiger partial charge in [0.05, 0.1) is 41.6 Å². The zero-order chi connectivity index (χ0) is 34.9. The molecule has 5 heterocycles. The van der Waals surface area contributed by atoms with Crippen LogP contribution in [0.1, 0.15) is 36.6 Å². The molecule has 0 radical (unpaired) electrons. The number of amides is 1. The molecule has 16 heteroatoms. The predicted octanol–water partition coefficient (Wildman–Crippen LogP) is 5.95. The Kier molecular flexibility index (Phi) is 10.1. The van der Waals surface area contributed by atoms with E-state index in [4.69, 9.17) is 31.2 Å². The summed E-state index contributed by atoms with van der Waals surface area (Å²) in [6.07, 6.45) is -6.75. The lowest BCUT2D eigenvalue weighted by molar-refractivity contribution is -0.192. The van der Waals surface area contributed by atoms with Crippen LogP contribution in [0.3, 0.4) is 0 Å². The largest absolute Gasteiger partial charge is 0.490 e. The Hall–Kier alpha value is -4.11. The zero-order valence-corrected chi connectivity index (χ0v) is 26.4. The van der Waals surface area contributed by atoms with Crippen molar-refractivity contribution < 1.29 is 45.8 Å². The molecule has 0 saturated carbocycles. The Morgan fingerprint density at radius 3 is 2.35 bits per heavy atom. The Morgan fingerprint density at radius 2 is 1.77 bits per heavy atom. The van der Waals surface area contributed by atoms with Gasteiger partial charge in [0.1, 0.15) is 0 Å². The highest BCUT2D eigenvalue weighted by Crippen LogP contribution is 2.45. The second-order valence-corrected chi connectivity index (χ2v) is 12.2. The van der Waals surface area contributed by atoms with E-state index < -0.39 is 29.3 Å². The number of hydrogen-bond donors (Lipinski definition) is 2. The van der Waals surface area contributed by atoms with E-state index in [0.29, 0.717) is 70.3 Å². The van der Waals surface area contributed by atoms with E-state index in [2.05, 4.69) is 16.4 Å². The highest BCUT2D eigenvalue weighted by atomic mass is 35.5. The number of aromatic nitrogens is 2. The second kappa shape index (κ2) is 13.8. The summed E-state index contributed by atoms with van der Waals surface area (Å²) in [5.74, 6) is -2.23. The maximum absolute atomic E-state index is 13.9. The van der Waals surface area contributed by atoms with Crippen LogP contribution < -0.4 is 15.0 Å².